The van der Waals surface area contributed by atoms with Crippen molar-refractivity contribution in [2.75, 3.05) is 13.1 Å². The van der Waals surface area contributed by atoms with E-state index in [0.717, 1.165) is 63.9 Å². The monoisotopic (exact) mass is 463 g/mol. The van der Waals surface area contributed by atoms with Crippen molar-refractivity contribution < 1.29 is 0 Å². The first-order valence-corrected chi connectivity index (χ1v) is 11.7. The molecule has 0 spiro atoms. The smallest absolute Gasteiger partial charge is 0.103 e. The van der Waals surface area contributed by atoms with E-state index in [2.05, 4.69) is 39.1 Å². The minimum Gasteiger partial charge on any atom is -0.317 e. The van der Waals surface area contributed by atoms with Crippen molar-refractivity contribution in [3.63, 3.8) is 0 Å². The van der Waals surface area contributed by atoms with Gasteiger partial charge in [0.2, 0.25) is 0 Å². The summed E-state index contributed by atoms with van der Waals surface area (Å²) in [6.45, 7) is 6.04. The molecule has 1 aliphatic rings. The Labute approximate surface area is 195 Å². The number of nitrogens with one attached hydrogen (secondary N) is 1. The number of rotatable bonds is 4. The fourth-order valence-corrected chi connectivity index (χ4v) is 5.34. The van der Waals surface area contributed by atoms with Crippen LogP contribution in [0.4, 0.5) is 0 Å². The summed E-state index contributed by atoms with van der Waals surface area (Å²) in [6, 6.07) is 8.52. The maximum atomic E-state index is 9.61. The highest BCUT2D eigenvalue weighted by Gasteiger charge is 2.21. The number of piperidine rings is 1. The van der Waals surface area contributed by atoms with Crippen molar-refractivity contribution in [3.05, 3.63) is 58.8 Å². The molecule has 0 saturated carbocycles. The zero-order valence-corrected chi connectivity index (χ0v) is 19.4. The van der Waals surface area contributed by atoms with Crippen LogP contribution in [0, 0.1) is 25.2 Å². The first-order chi connectivity index (χ1) is 15.5. The molecule has 4 aromatic rings. The molecule has 0 amide bonds. The van der Waals surface area contributed by atoms with Crippen LogP contribution in [0.2, 0.25) is 5.02 Å². The zero-order valence-electron chi connectivity index (χ0n) is 17.8. The van der Waals surface area contributed by atoms with Gasteiger partial charge in [0, 0.05) is 27.9 Å². The Hall–Kier alpha value is -2.86. The van der Waals surface area contributed by atoms with Crippen LogP contribution in [-0.4, -0.2) is 37.5 Å². The molecule has 162 valence electrons. The summed E-state index contributed by atoms with van der Waals surface area (Å²) in [7, 11) is 0. The minimum absolute atomic E-state index is 0.415. The van der Waals surface area contributed by atoms with Crippen LogP contribution in [0.25, 0.3) is 16.6 Å². The van der Waals surface area contributed by atoms with Gasteiger partial charge in [-0.3, -0.25) is 4.68 Å². The number of pyridine rings is 2. The molecule has 9 heteroatoms. The lowest BCUT2D eigenvalue weighted by Crippen LogP contribution is -2.30. The average molecular weight is 464 g/mol. The number of nitriles is 1. The molecule has 0 atom stereocenters. The Morgan fingerprint density at radius 2 is 2.00 bits per heavy atom. The van der Waals surface area contributed by atoms with Gasteiger partial charge in [-0.1, -0.05) is 23.4 Å². The van der Waals surface area contributed by atoms with E-state index in [9.17, 15) is 5.26 Å². The molecule has 0 unspecified atom stereocenters. The quantitative estimate of drug-likeness (QED) is 0.467. The van der Waals surface area contributed by atoms with Gasteiger partial charge in [-0.2, -0.15) is 15.5 Å². The summed E-state index contributed by atoms with van der Waals surface area (Å²) in [6.07, 6.45) is 7.67. The van der Waals surface area contributed by atoms with Crippen LogP contribution >= 0.6 is 23.4 Å². The second kappa shape index (κ2) is 8.58. The third kappa shape index (κ3) is 3.77. The minimum atomic E-state index is 0.415. The number of aromatic nitrogens is 5. The van der Waals surface area contributed by atoms with E-state index in [1.54, 1.807) is 10.7 Å². The van der Waals surface area contributed by atoms with Crippen LogP contribution in [0.15, 0.2) is 46.7 Å². The van der Waals surface area contributed by atoms with Crippen molar-refractivity contribution in [1.82, 2.24) is 29.7 Å². The van der Waals surface area contributed by atoms with Gasteiger partial charge in [-0.15, -0.1) is 0 Å². The molecular formula is C23H22ClN7S. The molecule has 32 heavy (non-hydrogen) atoms. The van der Waals surface area contributed by atoms with Gasteiger partial charge in [-0.25, -0.2) is 9.50 Å². The first-order valence-electron chi connectivity index (χ1n) is 10.5. The molecule has 1 fully saturated rings. The number of hydrogen-bond acceptors (Lipinski definition) is 6. The van der Waals surface area contributed by atoms with Gasteiger partial charge in [-0.05, 0) is 58.0 Å². The Balaban J connectivity index is 1.60. The van der Waals surface area contributed by atoms with Crippen LogP contribution in [-0.2, 0) is 0 Å². The van der Waals surface area contributed by atoms with Crippen LogP contribution in [0.3, 0.4) is 0 Å². The van der Waals surface area contributed by atoms with Gasteiger partial charge in [0.25, 0.3) is 0 Å². The molecule has 0 aromatic carbocycles. The van der Waals surface area contributed by atoms with Crippen molar-refractivity contribution >= 4 is 28.9 Å². The number of fused-ring (bicyclic) bond motifs is 1. The van der Waals surface area contributed by atoms with Gasteiger partial charge in [0.05, 0.1) is 40.2 Å². The lowest BCUT2D eigenvalue weighted by molar-refractivity contribution is 0.338. The van der Waals surface area contributed by atoms with E-state index >= 15 is 0 Å². The second-order valence-electron chi connectivity index (χ2n) is 7.94. The van der Waals surface area contributed by atoms with Crippen LogP contribution in [0.5, 0.6) is 0 Å². The van der Waals surface area contributed by atoms with Gasteiger partial charge in [0.1, 0.15) is 11.1 Å². The third-order valence-corrected chi connectivity index (χ3v) is 7.28. The molecule has 1 N–H and O–H groups in total. The Morgan fingerprint density at radius 1 is 1.19 bits per heavy atom. The fraction of sp³-hybridized carbons (Fsp3) is 0.304. The molecule has 4 aromatic heterocycles. The van der Waals surface area contributed by atoms with E-state index in [1.165, 1.54) is 11.8 Å². The summed E-state index contributed by atoms with van der Waals surface area (Å²) in [4.78, 5) is 5.51. The number of hydrogen-bond donors (Lipinski definition) is 1. The summed E-state index contributed by atoms with van der Waals surface area (Å²) in [5, 5.41) is 23.6. The van der Waals surface area contributed by atoms with Gasteiger partial charge < -0.3 is 5.32 Å². The van der Waals surface area contributed by atoms with E-state index in [1.807, 2.05) is 31.5 Å². The van der Waals surface area contributed by atoms with Gasteiger partial charge >= 0.3 is 0 Å². The molecule has 1 saturated heterocycles. The van der Waals surface area contributed by atoms with Crippen molar-refractivity contribution in [2.24, 2.45) is 0 Å². The van der Waals surface area contributed by atoms with Gasteiger partial charge in [0.15, 0.2) is 0 Å². The predicted octanol–water partition coefficient (Wildman–Crippen LogP) is 4.81. The topological polar surface area (TPSA) is 83.8 Å². The highest BCUT2D eigenvalue weighted by molar-refractivity contribution is 7.99. The number of halogens is 1. The fourth-order valence-electron chi connectivity index (χ4n) is 4.21. The van der Waals surface area contributed by atoms with Crippen molar-refractivity contribution in [1.29, 1.82) is 5.26 Å². The lowest BCUT2D eigenvalue weighted by atomic mass is 10.1. The molecule has 1 aliphatic heterocycles. The summed E-state index contributed by atoms with van der Waals surface area (Å²) >= 11 is 7.66. The summed E-state index contributed by atoms with van der Waals surface area (Å²) < 4.78 is 3.93. The number of aryl methyl sites for hydroxylation is 1. The second-order valence-corrected chi connectivity index (χ2v) is 9.41. The predicted molar refractivity (Wildman–Crippen MR) is 125 cm³/mol. The Morgan fingerprint density at radius 3 is 2.75 bits per heavy atom. The molecule has 5 rings (SSSR count). The summed E-state index contributed by atoms with van der Waals surface area (Å²) in [5.41, 5.74) is 5.31. The van der Waals surface area contributed by atoms with E-state index in [0.29, 0.717) is 16.6 Å². The molecule has 0 aliphatic carbocycles. The van der Waals surface area contributed by atoms with Crippen molar-refractivity contribution in [2.45, 2.75) is 42.7 Å². The average Bonchev–Trinajstić information content (AvgIpc) is 3.40. The SMILES string of the molecule is Cc1nc(Sc2cc(-c3cnn(C4CCNCC4)c3C)cn3ncc(C#N)c23)ccc1Cl. The van der Waals surface area contributed by atoms with Crippen LogP contribution in [0.1, 0.15) is 35.8 Å². The maximum Gasteiger partial charge on any atom is 0.103 e. The third-order valence-electron chi connectivity index (χ3n) is 5.92. The van der Waals surface area contributed by atoms with E-state index in [4.69, 9.17) is 16.7 Å². The molecule has 0 radical (unpaired) electrons. The molecule has 5 heterocycles. The molecular weight excluding hydrogens is 442 g/mol. The maximum absolute atomic E-state index is 9.61. The van der Waals surface area contributed by atoms with Crippen molar-refractivity contribution in [3.8, 4) is 17.2 Å². The largest absolute Gasteiger partial charge is 0.317 e. The molecule has 7 nitrogen and oxygen atoms in total. The van der Waals surface area contributed by atoms with E-state index < -0.39 is 0 Å². The highest BCUT2D eigenvalue weighted by Crippen LogP contribution is 2.37. The Kier molecular flexibility index (Phi) is 5.64. The lowest BCUT2D eigenvalue weighted by Gasteiger charge is -2.24. The van der Waals surface area contributed by atoms with Crippen LogP contribution < -0.4 is 5.32 Å². The normalized spacial score (nSPS) is 14.7. The first kappa shape index (κ1) is 21.0. The summed E-state index contributed by atoms with van der Waals surface area (Å²) in [5.74, 6) is 0. The van der Waals surface area contributed by atoms with E-state index in [-0.39, 0.29) is 0 Å². The Bertz CT molecular complexity index is 1340. The highest BCUT2D eigenvalue weighted by atomic mass is 35.5. The standard InChI is InChI=1S/C23H22ClN7S/c1-14-20(24)3-4-22(29-14)32-21-9-16(13-30-23(21)17(10-25)11-27-30)19-12-28-31(15(19)2)18-5-7-26-8-6-18/h3-4,9,11-13,18,26H,5-8H2,1-2H3. The number of nitrogens with zero attached hydrogens (tertiary/aromatic N) is 6. The zero-order chi connectivity index (χ0) is 22.2. The molecule has 0 bridgehead atoms.